The third-order valence-corrected chi connectivity index (χ3v) is 3.38. The van der Waals surface area contributed by atoms with Crippen LogP contribution >= 0.6 is 11.6 Å². The van der Waals surface area contributed by atoms with Gasteiger partial charge in [-0.2, -0.15) is 0 Å². The fourth-order valence-corrected chi connectivity index (χ4v) is 1.93. The van der Waals surface area contributed by atoms with Gasteiger partial charge in [0.05, 0.1) is 5.02 Å². The Morgan fingerprint density at radius 3 is 2.69 bits per heavy atom. The molecule has 136 valence electrons. The van der Waals surface area contributed by atoms with Crippen molar-refractivity contribution in [2.45, 2.75) is 6.42 Å². The molecule has 26 heavy (non-hydrogen) atoms. The average Bonchev–Trinajstić information content (AvgIpc) is 2.63. The molecule has 0 unspecified atom stereocenters. The van der Waals surface area contributed by atoms with E-state index >= 15 is 0 Å². The van der Waals surface area contributed by atoms with Gasteiger partial charge in [0.2, 0.25) is 5.82 Å². The first-order valence-corrected chi connectivity index (χ1v) is 7.94. The summed E-state index contributed by atoms with van der Waals surface area (Å²) in [5, 5.41) is 5.12. The van der Waals surface area contributed by atoms with Gasteiger partial charge in [0.1, 0.15) is 11.6 Å². The SMILES string of the molecule is C=C(CCNC(=O)COc1ccc(Cl)c(F)c1)NC(=O)c1ncccn1. The molecule has 0 aliphatic heterocycles. The van der Waals surface area contributed by atoms with Gasteiger partial charge >= 0.3 is 0 Å². The lowest BCUT2D eigenvalue weighted by molar-refractivity contribution is -0.123. The van der Waals surface area contributed by atoms with Crippen molar-refractivity contribution in [3.63, 3.8) is 0 Å². The Balaban J connectivity index is 1.66. The molecule has 0 aliphatic carbocycles. The summed E-state index contributed by atoms with van der Waals surface area (Å²) in [4.78, 5) is 31.2. The van der Waals surface area contributed by atoms with Crippen LogP contribution < -0.4 is 15.4 Å². The molecule has 0 spiro atoms. The number of hydrogen-bond acceptors (Lipinski definition) is 5. The monoisotopic (exact) mass is 378 g/mol. The van der Waals surface area contributed by atoms with Gasteiger partial charge < -0.3 is 15.4 Å². The van der Waals surface area contributed by atoms with Gasteiger partial charge in [-0.25, -0.2) is 14.4 Å². The molecule has 1 aromatic heterocycles. The van der Waals surface area contributed by atoms with E-state index in [1.54, 1.807) is 6.07 Å². The molecule has 0 saturated carbocycles. The van der Waals surface area contributed by atoms with Gasteiger partial charge in [-0.1, -0.05) is 18.2 Å². The van der Waals surface area contributed by atoms with Crippen LogP contribution in [-0.2, 0) is 4.79 Å². The normalized spacial score (nSPS) is 10.1. The zero-order valence-corrected chi connectivity index (χ0v) is 14.4. The summed E-state index contributed by atoms with van der Waals surface area (Å²) in [6.07, 6.45) is 3.23. The number of nitrogens with one attached hydrogen (secondary N) is 2. The van der Waals surface area contributed by atoms with Crippen LogP contribution in [0.1, 0.15) is 17.0 Å². The van der Waals surface area contributed by atoms with Crippen molar-refractivity contribution in [1.82, 2.24) is 20.6 Å². The summed E-state index contributed by atoms with van der Waals surface area (Å²) >= 11 is 5.56. The van der Waals surface area contributed by atoms with Crippen LogP contribution in [0.2, 0.25) is 5.02 Å². The molecule has 2 aromatic rings. The molecule has 0 saturated heterocycles. The predicted molar refractivity (Wildman–Crippen MR) is 93.2 cm³/mol. The van der Waals surface area contributed by atoms with E-state index in [-0.39, 0.29) is 29.7 Å². The van der Waals surface area contributed by atoms with Crippen LogP contribution in [0.4, 0.5) is 4.39 Å². The van der Waals surface area contributed by atoms with Crippen molar-refractivity contribution in [2.75, 3.05) is 13.2 Å². The second-order valence-corrected chi connectivity index (χ2v) is 5.50. The van der Waals surface area contributed by atoms with Gasteiger partial charge in [-0.15, -0.1) is 0 Å². The first-order chi connectivity index (χ1) is 12.5. The third kappa shape index (κ3) is 6.14. The van der Waals surface area contributed by atoms with Crippen LogP contribution in [0.3, 0.4) is 0 Å². The fourth-order valence-electron chi connectivity index (χ4n) is 1.81. The second-order valence-electron chi connectivity index (χ2n) is 5.09. The molecule has 0 radical (unpaired) electrons. The van der Waals surface area contributed by atoms with Crippen LogP contribution in [-0.4, -0.2) is 34.9 Å². The summed E-state index contributed by atoms with van der Waals surface area (Å²) in [5.41, 5.74) is 0.406. The number of amides is 2. The average molecular weight is 379 g/mol. The second kappa shape index (κ2) is 9.47. The van der Waals surface area contributed by atoms with E-state index in [1.165, 1.54) is 24.5 Å². The summed E-state index contributed by atoms with van der Waals surface area (Å²) < 4.78 is 18.4. The van der Waals surface area contributed by atoms with E-state index < -0.39 is 17.6 Å². The number of carbonyl (C=O) groups is 2. The molecule has 9 heteroatoms. The maximum atomic E-state index is 13.3. The standard InChI is InChI=1S/C17H16ClFN4O3/c1-11(23-17(25)16-21-6-2-7-22-16)5-8-20-15(24)10-26-12-3-4-13(18)14(19)9-12/h2-4,6-7,9H,1,5,8,10H2,(H,20,24)(H,23,25). The first kappa shape index (κ1) is 19.3. The van der Waals surface area contributed by atoms with Gasteiger partial charge in [-0.05, 0) is 18.2 Å². The van der Waals surface area contributed by atoms with Crippen molar-refractivity contribution in [2.24, 2.45) is 0 Å². The van der Waals surface area contributed by atoms with E-state index in [0.29, 0.717) is 12.1 Å². The molecule has 1 heterocycles. The minimum atomic E-state index is -0.626. The smallest absolute Gasteiger partial charge is 0.293 e. The number of hydrogen-bond donors (Lipinski definition) is 2. The molecule has 1 aromatic carbocycles. The van der Waals surface area contributed by atoms with Crippen molar-refractivity contribution < 1.29 is 18.7 Å². The Hall–Kier alpha value is -3.00. The highest BCUT2D eigenvalue weighted by Gasteiger charge is 2.09. The van der Waals surface area contributed by atoms with Crippen molar-refractivity contribution >= 4 is 23.4 Å². The summed E-state index contributed by atoms with van der Waals surface area (Å²) in [6.45, 7) is 3.67. The largest absolute Gasteiger partial charge is 0.484 e. The lowest BCUT2D eigenvalue weighted by Gasteiger charge is -2.10. The number of ether oxygens (including phenoxy) is 1. The van der Waals surface area contributed by atoms with Gasteiger partial charge in [0.25, 0.3) is 11.8 Å². The summed E-state index contributed by atoms with van der Waals surface area (Å²) in [5.74, 6) is -1.28. The molecular weight excluding hydrogens is 363 g/mol. The topological polar surface area (TPSA) is 93.2 Å². The van der Waals surface area contributed by atoms with E-state index in [4.69, 9.17) is 16.3 Å². The van der Waals surface area contributed by atoms with E-state index in [2.05, 4.69) is 27.2 Å². The molecule has 2 N–H and O–H groups in total. The lowest BCUT2D eigenvalue weighted by atomic mass is 10.3. The Bertz CT molecular complexity index is 802. The molecule has 2 rings (SSSR count). The molecule has 0 aliphatic rings. The minimum Gasteiger partial charge on any atom is -0.484 e. The van der Waals surface area contributed by atoms with Gasteiger partial charge in [0, 0.05) is 37.1 Å². The van der Waals surface area contributed by atoms with Crippen LogP contribution in [0.25, 0.3) is 0 Å². The molecule has 0 fully saturated rings. The van der Waals surface area contributed by atoms with E-state index in [9.17, 15) is 14.0 Å². The Kier molecular flexibility index (Phi) is 7.04. The highest BCUT2D eigenvalue weighted by atomic mass is 35.5. The summed E-state index contributed by atoms with van der Waals surface area (Å²) in [6, 6.07) is 5.50. The number of aromatic nitrogens is 2. The molecule has 0 bridgehead atoms. The molecule has 2 amide bonds. The van der Waals surface area contributed by atoms with Crippen LogP contribution in [0.5, 0.6) is 5.75 Å². The molecular formula is C17H16ClFN4O3. The van der Waals surface area contributed by atoms with Crippen molar-refractivity contribution in [1.29, 1.82) is 0 Å². The maximum Gasteiger partial charge on any atom is 0.293 e. The highest BCUT2D eigenvalue weighted by molar-refractivity contribution is 6.30. The van der Waals surface area contributed by atoms with Crippen LogP contribution in [0.15, 0.2) is 48.9 Å². The van der Waals surface area contributed by atoms with Gasteiger partial charge in [-0.3, -0.25) is 9.59 Å². The molecule has 7 nitrogen and oxygen atoms in total. The minimum absolute atomic E-state index is 0.0248. The zero-order valence-electron chi connectivity index (χ0n) is 13.7. The number of halogens is 2. The highest BCUT2D eigenvalue weighted by Crippen LogP contribution is 2.20. The van der Waals surface area contributed by atoms with Crippen molar-refractivity contribution in [3.8, 4) is 5.75 Å². The number of carbonyl (C=O) groups excluding carboxylic acids is 2. The Morgan fingerprint density at radius 2 is 2.00 bits per heavy atom. The van der Waals surface area contributed by atoms with Crippen molar-refractivity contribution in [3.05, 3.63) is 65.6 Å². The number of benzene rings is 1. The van der Waals surface area contributed by atoms with E-state index in [0.717, 1.165) is 6.07 Å². The number of rotatable bonds is 8. The zero-order chi connectivity index (χ0) is 18.9. The lowest BCUT2D eigenvalue weighted by Crippen LogP contribution is -2.32. The first-order valence-electron chi connectivity index (χ1n) is 7.56. The van der Waals surface area contributed by atoms with Gasteiger partial charge in [0.15, 0.2) is 6.61 Å². The Labute approximate surface area is 154 Å². The maximum absolute atomic E-state index is 13.3. The Morgan fingerprint density at radius 1 is 1.27 bits per heavy atom. The van der Waals surface area contributed by atoms with Crippen LogP contribution in [0, 0.1) is 5.82 Å². The predicted octanol–water partition coefficient (Wildman–Crippen LogP) is 2.10. The third-order valence-electron chi connectivity index (χ3n) is 3.07. The molecule has 0 atom stereocenters. The van der Waals surface area contributed by atoms with E-state index in [1.807, 2.05) is 0 Å². The summed E-state index contributed by atoms with van der Waals surface area (Å²) in [7, 11) is 0. The fraction of sp³-hybridized carbons (Fsp3) is 0.176. The number of nitrogens with zero attached hydrogens (tertiary/aromatic N) is 2. The quantitative estimate of drug-likeness (QED) is 0.733.